The van der Waals surface area contributed by atoms with E-state index in [-0.39, 0.29) is 5.41 Å². The number of ether oxygens (including phenoxy) is 2. The summed E-state index contributed by atoms with van der Waals surface area (Å²) < 4.78 is 10.5. The summed E-state index contributed by atoms with van der Waals surface area (Å²) in [5.74, 6) is 1.79. The van der Waals surface area contributed by atoms with Gasteiger partial charge in [-0.3, -0.25) is 0 Å². The molecule has 0 spiro atoms. The highest BCUT2D eigenvalue weighted by molar-refractivity contribution is 5.67. The van der Waals surface area contributed by atoms with Crippen LogP contribution in [0, 0.1) is 0 Å². The number of hydrogen-bond donors (Lipinski definition) is 2. The van der Waals surface area contributed by atoms with E-state index in [9.17, 15) is 0 Å². The second-order valence-corrected chi connectivity index (χ2v) is 5.57. The first-order chi connectivity index (χ1) is 9.40. The molecule has 0 aliphatic carbocycles. The predicted octanol–water partition coefficient (Wildman–Crippen LogP) is 2.20. The van der Waals surface area contributed by atoms with Crippen LogP contribution in [-0.4, -0.2) is 36.8 Å². The highest BCUT2D eigenvalue weighted by Gasteiger charge is 2.22. The van der Waals surface area contributed by atoms with Crippen molar-refractivity contribution in [3.8, 4) is 5.88 Å². The molecule has 0 aliphatic rings. The summed E-state index contributed by atoms with van der Waals surface area (Å²) >= 11 is 0. The fourth-order valence-electron chi connectivity index (χ4n) is 1.59. The zero-order chi connectivity index (χ0) is 15.2. The molecule has 0 aliphatic heterocycles. The molecule has 6 nitrogen and oxygen atoms in total. The topological polar surface area (TPSA) is 82.3 Å². The van der Waals surface area contributed by atoms with Crippen molar-refractivity contribution in [2.75, 3.05) is 37.9 Å². The largest absolute Gasteiger partial charge is 0.476 e. The third-order valence-electron chi connectivity index (χ3n) is 2.68. The van der Waals surface area contributed by atoms with E-state index in [4.69, 9.17) is 15.2 Å². The number of hydrogen-bond acceptors (Lipinski definition) is 6. The molecule has 3 N–H and O–H groups in total. The van der Waals surface area contributed by atoms with Gasteiger partial charge in [0.15, 0.2) is 5.82 Å². The zero-order valence-corrected chi connectivity index (χ0v) is 13.1. The fraction of sp³-hybridized carbons (Fsp3) is 0.714. The van der Waals surface area contributed by atoms with Gasteiger partial charge >= 0.3 is 0 Å². The second kappa shape index (κ2) is 7.28. The molecule has 0 atom stereocenters. The predicted molar refractivity (Wildman–Crippen MR) is 81.3 cm³/mol. The normalized spacial score (nSPS) is 11.4. The molecule has 0 aromatic carbocycles. The molecule has 0 saturated carbocycles. The van der Waals surface area contributed by atoms with Gasteiger partial charge in [-0.2, -0.15) is 4.98 Å². The van der Waals surface area contributed by atoms with Crippen molar-refractivity contribution in [2.24, 2.45) is 0 Å². The van der Waals surface area contributed by atoms with Crippen LogP contribution in [0.25, 0.3) is 0 Å². The van der Waals surface area contributed by atoms with E-state index < -0.39 is 0 Å². The Morgan fingerprint density at radius 1 is 1.25 bits per heavy atom. The Bertz CT molecular complexity index is 430. The minimum Gasteiger partial charge on any atom is -0.476 e. The third-order valence-corrected chi connectivity index (χ3v) is 2.68. The lowest BCUT2D eigenvalue weighted by atomic mass is 9.96. The van der Waals surface area contributed by atoms with Crippen molar-refractivity contribution in [3.05, 3.63) is 5.82 Å². The van der Waals surface area contributed by atoms with Crippen molar-refractivity contribution in [3.63, 3.8) is 0 Å². The molecule has 6 heteroatoms. The van der Waals surface area contributed by atoms with E-state index in [1.165, 1.54) is 0 Å². The lowest BCUT2D eigenvalue weighted by Gasteiger charge is -2.20. The molecule has 0 bridgehead atoms. The lowest BCUT2D eigenvalue weighted by Crippen LogP contribution is -2.20. The maximum Gasteiger partial charge on any atom is 0.242 e. The van der Waals surface area contributed by atoms with E-state index in [0.29, 0.717) is 36.4 Å². The van der Waals surface area contributed by atoms with Gasteiger partial charge in [0.25, 0.3) is 0 Å². The molecule has 0 fully saturated rings. The van der Waals surface area contributed by atoms with Crippen molar-refractivity contribution in [1.29, 1.82) is 0 Å². The van der Waals surface area contributed by atoms with Gasteiger partial charge in [-0.1, -0.05) is 20.8 Å². The number of anilines is 2. The summed E-state index contributed by atoms with van der Waals surface area (Å²) in [7, 11) is 1.68. The fourth-order valence-corrected chi connectivity index (χ4v) is 1.59. The van der Waals surface area contributed by atoms with Gasteiger partial charge in [0.2, 0.25) is 5.88 Å². The monoisotopic (exact) mass is 282 g/mol. The molecule has 0 saturated heterocycles. The van der Waals surface area contributed by atoms with Gasteiger partial charge in [-0.05, 0) is 13.3 Å². The minimum atomic E-state index is -0.164. The number of nitrogen functional groups attached to an aromatic ring is 1. The van der Waals surface area contributed by atoms with Crippen LogP contribution in [-0.2, 0) is 10.2 Å². The van der Waals surface area contributed by atoms with Crippen LogP contribution in [0.1, 0.15) is 39.9 Å². The highest BCUT2D eigenvalue weighted by Crippen LogP contribution is 2.30. The Balaban J connectivity index is 2.98. The van der Waals surface area contributed by atoms with Gasteiger partial charge in [-0.25, -0.2) is 4.98 Å². The van der Waals surface area contributed by atoms with Crippen LogP contribution in [0.2, 0.25) is 0 Å². The van der Waals surface area contributed by atoms with Crippen molar-refractivity contribution in [1.82, 2.24) is 9.97 Å². The average molecular weight is 282 g/mol. The SMILES string of the molecule is CCOc1nc(C(C)(C)C)nc(NCCCOC)c1N. The first-order valence-electron chi connectivity index (χ1n) is 6.93. The van der Waals surface area contributed by atoms with Crippen molar-refractivity contribution >= 4 is 11.5 Å². The van der Waals surface area contributed by atoms with Crippen LogP contribution < -0.4 is 15.8 Å². The van der Waals surface area contributed by atoms with Gasteiger partial charge in [0.1, 0.15) is 11.5 Å². The van der Waals surface area contributed by atoms with Gasteiger partial charge < -0.3 is 20.5 Å². The summed E-state index contributed by atoms with van der Waals surface area (Å²) in [4.78, 5) is 8.93. The molecular weight excluding hydrogens is 256 g/mol. The Hall–Kier alpha value is -1.56. The summed E-state index contributed by atoms with van der Waals surface area (Å²) in [6, 6.07) is 0. The van der Waals surface area contributed by atoms with E-state index in [2.05, 4.69) is 36.1 Å². The molecule has 0 amide bonds. The first kappa shape index (κ1) is 16.5. The molecule has 114 valence electrons. The number of rotatable bonds is 7. The van der Waals surface area contributed by atoms with E-state index in [1.54, 1.807) is 7.11 Å². The summed E-state index contributed by atoms with van der Waals surface area (Å²) in [6.45, 7) is 10.0. The molecule has 0 unspecified atom stereocenters. The molecule has 20 heavy (non-hydrogen) atoms. The van der Waals surface area contributed by atoms with Crippen LogP contribution in [0.5, 0.6) is 5.88 Å². The van der Waals surface area contributed by atoms with Gasteiger partial charge in [-0.15, -0.1) is 0 Å². The third kappa shape index (κ3) is 4.52. The molecule has 1 rings (SSSR count). The number of methoxy groups -OCH3 is 1. The molecule has 1 aromatic rings. The van der Waals surface area contributed by atoms with Gasteiger partial charge in [0, 0.05) is 25.7 Å². The Morgan fingerprint density at radius 3 is 2.50 bits per heavy atom. The molecule has 1 aromatic heterocycles. The quantitative estimate of drug-likeness (QED) is 0.746. The number of nitrogens with zero attached hydrogens (tertiary/aromatic N) is 2. The Kier molecular flexibility index (Phi) is 6.01. The molecule has 1 heterocycles. The lowest BCUT2D eigenvalue weighted by molar-refractivity contribution is 0.197. The van der Waals surface area contributed by atoms with Crippen LogP contribution >= 0.6 is 0 Å². The maximum absolute atomic E-state index is 6.05. The average Bonchev–Trinajstić information content (AvgIpc) is 2.37. The zero-order valence-electron chi connectivity index (χ0n) is 13.1. The summed E-state index contributed by atoms with van der Waals surface area (Å²) in [5, 5.41) is 3.22. The first-order valence-corrected chi connectivity index (χ1v) is 6.93. The summed E-state index contributed by atoms with van der Waals surface area (Å²) in [6.07, 6.45) is 0.884. The number of aromatic nitrogens is 2. The van der Waals surface area contributed by atoms with Gasteiger partial charge in [0.05, 0.1) is 6.61 Å². The number of nitrogens with two attached hydrogens (primary N) is 1. The van der Waals surface area contributed by atoms with Crippen LogP contribution in [0.15, 0.2) is 0 Å². The van der Waals surface area contributed by atoms with Crippen molar-refractivity contribution in [2.45, 2.75) is 39.5 Å². The van der Waals surface area contributed by atoms with Crippen LogP contribution in [0.4, 0.5) is 11.5 Å². The highest BCUT2D eigenvalue weighted by atomic mass is 16.5. The minimum absolute atomic E-state index is 0.164. The van der Waals surface area contributed by atoms with Crippen molar-refractivity contribution < 1.29 is 9.47 Å². The van der Waals surface area contributed by atoms with E-state index >= 15 is 0 Å². The number of nitrogens with one attached hydrogen (secondary N) is 1. The molecular formula is C14H26N4O2. The second-order valence-electron chi connectivity index (χ2n) is 5.57. The van der Waals surface area contributed by atoms with E-state index in [1.807, 2.05) is 6.92 Å². The molecule has 0 radical (unpaired) electrons. The Labute approximate surface area is 121 Å². The maximum atomic E-state index is 6.05. The standard InChI is InChI=1S/C14H26N4O2/c1-6-20-12-10(15)11(16-8-7-9-19-5)17-13(18-12)14(2,3)4/h6-9,15H2,1-5H3,(H,16,17,18). The van der Waals surface area contributed by atoms with Crippen LogP contribution in [0.3, 0.4) is 0 Å². The van der Waals surface area contributed by atoms with E-state index in [0.717, 1.165) is 13.0 Å². The summed E-state index contributed by atoms with van der Waals surface area (Å²) in [5.41, 5.74) is 6.34. The Morgan fingerprint density at radius 2 is 1.95 bits per heavy atom. The smallest absolute Gasteiger partial charge is 0.242 e.